The molecule has 1 heterocycles. The second-order valence-electron chi connectivity index (χ2n) is 10.8. The largest absolute Gasteiger partial charge is 0.457 e. The summed E-state index contributed by atoms with van der Waals surface area (Å²) in [5, 5.41) is 3.02. The lowest BCUT2D eigenvalue weighted by Crippen LogP contribution is -2.50. The van der Waals surface area contributed by atoms with E-state index in [9.17, 15) is 14.4 Å². The summed E-state index contributed by atoms with van der Waals surface area (Å²) in [4.78, 5) is 41.2. The van der Waals surface area contributed by atoms with E-state index in [4.69, 9.17) is 10.5 Å². The summed E-state index contributed by atoms with van der Waals surface area (Å²) >= 11 is 0. The van der Waals surface area contributed by atoms with Crippen LogP contribution in [-0.2, 0) is 20.9 Å². The standard InChI is InChI=1S/C31H43N3O4/c1-4-5-16-26(29(32)35)27(19-22(2)3)30(36)33-28-17-9-10-18-34(31(28)37)21-23-12-11-15-25(20-23)38-24-13-7-6-8-14-24/h6-8,11-15,20,22,26-28H,4-5,9-10,16-19,21H2,1-3H3,(H2,32,35)(H,33,36)/t26?,27?,28-/m0/s1. The van der Waals surface area contributed by atoms with E-state index in [0.717, 1.165) is 37.0 Å². The molecule has 3 amide bonds. The first-order chi connectivity index (χ1) is 18.3. The van der Waals surface area contributed by atoms with E-state index in [2.05, 4.69) is 12.2 Å². The fourth-order valence-corrected chi connectivity index (χ4v) is 5.15. The van der Waals surface area contributed by atoms with Crippen LogP contribution >= 0.6 is 0 Å². The molecule has 2 aromatic carbocycles. The first-order valence-corrected chi connectivity index (χ1v) is 14.0. The van der Waals surface area contributed by atoms with Gasteiger partial charge in [-0.2, -0.15) is 0 Å². The van der Waals surface area contributed by atoms with Crippen molar-refractivity contribution in [1.82, 2.24) is 10.2 Å². The molecule has 1 aliphatic rings. The quantitative estimate of drug-likeness (QED) is 0.367. The summed E-state index contributed by atoms with van der Waals surface area (Å²) < 4.78 is 5.96. The van der Waals surface area contributed by atoms with E-state index in [1.165, 1.54) is 0 Å². The number of benzene rings is 2. The van der Waals surface area contributed by atoms with Gasteiger partial charge >= 0.3 is 0 Å². The van der Waals surface area contributed by atoms with Crippen molar-refractivity contribution in [2.45, 2.75) is 78.3 Å². The summed E-state index contributed by atoms with van der Waals surface area (Å²) in [7, 11) is 0. The van der Waals surface area contributed by atoms with Crippen LogP contribution in [0, 0.1) is 17.8 Å². The minimum Gasteiger partial charge on any atom is -0.457 e. The number of nitrogens with one attached hydrogen (secondary N) is 1. The van der Waals surface area contributed by atoms with Crippen LogP contribution in [0.2, 0.25) is 0 Å². The summed E-state index contributed by atoms with van der Waals surface area (Å²) in [6.45, 7) is 7.19. The minimum atomic E-state index is -0.608. The molecule has 38 heavy (non-hydrogen) atoms. The maximum atomic E-state index is 13.6. The number of unbranched alkanes of at least 4 members (excludes halogenated alkanes) is 1. The van der Waals surface area contributed by atoms with Gasteiger partial charge in [-0.15, -0.1) is 0 Å². The first-order valence-electron chi connectivity index (χ1n) is 14.0. The van der Waals surface area contributed by atoms with E-state index < -0.39 is 23.8 Å². The number of nitrogens with zero attached hydrogens (tertiary/aromatic N) is 1. The molecule has 7 nitrogen and oxygen atoms in total. The number of ether oxygens (including phenoxy) is 1. The highest BCUT2D eigenvalue weighted by molar-refractivity contribution is 5.91. The highest BCUT2D eigenvalue weighted by Gasteiger charge is 2.36. The van der Waals surface area contributed by atoms with E-state index in [-0.39, 0.29) is 17.7 Å². The molecule has 0 bridgehead atoms. The Hall–Kier alpha value is -3.35. The Labute approximate surface area is 227 Å². The van der Waals surface area contributed by atoms with Crippen molar-refractivity contribution in [3.63, 3.8) is 0 Å². The number of rotatable bonds is 13. The number of amides is 3. The lowest BCUT2D eigenvalue weighted by atomic mass is 9.81. The van der Waals surface area contributed by atoms with E-state index in [0.29, 0.717) is 38.1 Å². The number of primary amides is 1. The van der Waals surface area contributed by atoms with Crippen LogP contribution in [0.3, 0.4) is 0 Å². The summed E-state index contributed by atoms with van der Waals surface area (Å²) in [5.41, 5.74) is 6.70. The molecule has 3 atom stereocenters. The topological polar surface area (TPSA) is 102 Å². The Kier molecular flexibility index (Phi) is 11.2. The number of carbonyl (C=O) groups is 3. The molecule has 0 aliphatic carbocycles. The average molecular weight is 522 g/mol. The molecule has 7 heteroatoms. The second kappa shape index (κ2) is 14.6. The van der Waals surface area contributed by atoms with Gasteiger partial charge in [0, 0.05) is 24.9 Å². The van der Waals surface area contributed by atoms with Gasteiger partial charge < -0.3 is 20.7 Å². The maximum absolute atomic E-state index is 13.6. The zero-order chi connectivity index (χ0) is 27.5. The monoisotopic (exact) mass is 521 g/mol. The van der Waals surface area contributed by atoms with E-state index in [1.54, 1.807) is 0 Å². The molecule has 1 saturated heterocycles. The number of para-hydroxylation sites is 1. The average Bonchev–Trinajstić information content (AvgIpc) is 3.05. The fourth-order valence-electron chi connectivity index (χ4n) is 5.15. The van der Waals surface area contributed by atoms with Gasteiger partial charge in [0.2, 0.25) is 17.7 Å². The van der Waals surface area contributed by atoms with Crippen LogP contribution in [0.1, 0.15) is 71.3 Å². The van der Waals surface area contributed by atoms with Gasteiger partial charge in [0.15, 0.2) is 0 Å². The van der Waals surface area contributed by atoms with Gasteiger partial charge in [-0.05, 0) is 67.9 Å². The zero-order valence-electron chi connectivity index (χ0n) is 23.0. The van der Waals surface area contributed by atoms with Crippen molar-refractivity contribution in [2.75, 3.05) is 6.54 Å². The number of nitrogens with two attached hydrogens (primary N) is 1. The van der Waals surface area contributed by atoms with Crippen LogP contribution in [0.5, 0.6) is 11.5 Å². The minimum absolute atomic E-state index is 0.0855. The Morgan fingerprint density at radius 3 is 2.47 bits per heavy atom. The Balaban J connectivity index is 1.71. The number of hydrogen-bond donors (Lipinski definition) is 2. The van der Waals surface area contributed by atoms with Gasteiger partial charge in [0.25, 0.3) is 0 Å². The molecular weight excluding hydrogens is 478 g/mol. The van der Waals surface area contributed by atoms with Crippen molar-refractivity contribution >= 4 is 17.7 Å². The maximum Gasteiger partial charge on any atom is 0.245 e. The predicted molar refractivity (Wildman–Crippen MR) is 149 cm³/mol. The van der Waals surface area contributed by atoms with Gasteiger partial charge in [-0.1, -0.05) is 63.9 Å². The van der Waals surface area contributed by atoms with Crippen molar-refractivity contribution < 1.29 is 19.1 Å². The molecule has 0 saturated carbocycles. The van der Waals surface area contributed by atoms with Crippen molar-refractivity contribution in [1.29, 1.82) is 0 Å². The molecule has 0 radical (unpaired) electrons. The molecule has 0 aromatic heterocycles. The number of hydrogen-bond acceptors (Lipinski definition) is 4. The lowest BCUT2D eigenvalue weighted by molar-refractivity contribution is -0.139. The second-order valence-corrected chi connectivity index (χ2v) is 10.8. The Morgan fingerprint density at radius 2 is 1.79 bits per heavy atom. The summed E-state index contributed by atoms with van der Waals surface area (Å²) in [6.07, 6.45) is 5.20. The highest BCUT2D eigenvalue weighted by atomic mass is 16.5. The van der Waals surface area contributed by atoms with Crippen LogP contribution in [0.15, 0.2) is 54.6 Å². The molecule has 206 valence electrons. The van der Waals surface area contributed by atoms with Crippen molar-refractivity contribution in [3.05, 3.63) is 60.2 Å². The van der Waals surface area contributed by atoms with Gasteiger partial charge in [-0.25, -0.2) is 0 Å². The fraction of sp³-hybridized carbons (Fsp3) is 0.516. The number of likely N-dealkylation sites (tertiary alicyclic amines) is 1. The molecule has 2 unspecified atom stereocenters. The molecular formula is C31H43N3O4. The molecule has 0 spiro atoms. The van der Waals surface area contributed by atoms with Crippen LogP contribution in [0.4, 0.5) is 0 Å². The SMILES string of the molecule is CCCCC(C(N)=O)C(CC(C)C)C(=O)N[C@H]1CCCCN(Cc2cccc(Oc3ccccc3)c2)C1=O. The van der Waals surface area contributed by atoms with E-state index >= 15 is 0 Å². The smallest absolute Gasteiger partial charge is 0.245 e. The first kappa shape index (κ1) is 29.2. The normalized spacial score (nSPS) is 17.5. The third-order valence-electron chi connectivity index (χ3n) is 7.13. The predicted octanol–water partition coefficient (Wildman–Crippen LogP) is 5.43. The van der Waals surface area contributed by atoms with Gasteiger partial charge in [0.05, 0.1) is 0 Å². The Bertz CT molecular complexity index is 1060. The summed E-state index contributed by atoms with van der Waals surface area (Å²) in [6, 6.07) is 16.7. The van der Waals surface area contributed by atoms with E-state index in [1.807, 2.05) is 73.3 Å². The zero-order valence-corrected chi connectivity index (χ0v) is 23.0. The third-order valence-corrected chi connectivity index (χ3v) is 7.13. The molecule has 3 N–H and O–H groups in total. The van der Waals surface area contributed by atoms with Gasteiger partial charge in [0.1, 0.15) is 17.5 Å². The molecule has 1 aliphatic heterocycles. The van der Waals surface area contributed by atoms with Crippen molar-refractivity contribution in [2.24, 2.45) is 23.5 Å². The van der Waals surface area contributed by atoms with Crippen molar-refractivity contribution in [3.8, 4) is 11.5 Å². The van der Waals surface area contributed by atoms with Crippen LogP contribution in [-0.4, -0.2) is 35.2 Å². The number of carbonyl (C=O) groups excluding carboxylic acids is 3. The molecule has 1 fully saturated rings. The van der Waals surface area contributed by atoms with Gasteiger partial charge in [-0.3, -0.25) is 14.4 Å². The van der Waals surface area contributed by atoms with Crippen LogP contribution in [0.25, 0.3) is 0 Å². The summed E-state index contributed by atoms with van der Waals surface area (Å²) in [5.74, 6) is -0.136. The Morgan fingerprint density at radius 1 is 1.05 bits per heavy atom. The third kappa shape index (κ3) is 8.61. The molecule has 3 rings (SSSR count). The highest BCUT2D eigenvalue weighted by Crippen LogP contribution is 2.27. The van der Waals surface area contributed by atoms with Crippen LogP contribution < -0.4 is 15.8 Å². The lowest BCUT2D eigenvalue weighted by Gasteiger charge is -2.29. The molecule has 2 aromatic rings.